The number of hydrogen-bond acceptors (Lipinski definition) is 8. The molecule has 1 aliphatic rings. The van der Waals surface area contributed by atoms with E-state index < -0.39 is 29.4 Å². The summed E-state index contributed by atoms with van der Waals surface area (Å²) in [7, 11) is 2.47. The molecule has 1 heterocycles. The van der Waals surface area contributed by atoms with Gasteiger partial charge in [0.2, 0.25) is 0 Å². The normalized spacial score (nSPS) is 15.3. The molecule has 1 saturated heterocycles. The summed E-state index contributed by atoms with van der Waals surface area (Å²) in [5.41, 5.74) is 1.31. The van der Waals surface area contributed by atoms with E-state index in [1.807, 2.05) is 121 Å². The molecule has 1 aliphatic heterocycles. The summed E-state index contributed by atoms with van der Waals surface area (Å²) >= 11 is 0. The van der Waals surface area contributed by atoms with Crippen molar-refractivity contribution in [3.63, 3.8) is 0 Å². The third kappa shape index (κ3) is 7.23. The van der Waals surface area contributed by atoms with Gasteiger partial charge in [-0.15, -0.1) is 0 Å². The largest absolute Gasteiger partial charge is 0.464 e. The maximum absolute atomic E-state index is 12.1. The van der Waals surface area contributed by atoms with Crippen LogP contribution in [0, 0.1) is 0 Å². The molecular weight excluding hydrogens is 560 g/mol. The highest BCUT2D eigenvalue weighted by Crippen LogP contribution is 2.52. The quantitative estimate of drug-likeness (QED) is 0.193. The number of ether oxygens (including phenoxy) is 4. The van der Waals surface area contributed by atoms with Crippen LogP contribution in [0.3, 0.4) is 0 Å². The van der Waals surface area contributed by atoms with E-state index in [9.17, 15) is 14.7 Å². The third-order valence-electron chi connectivity index (χ3n) is 7.14. The molecule has 2 N–H and O–H groups in total. The third-order valence-corrected chi connectivity index (χ3v) is 7.14. The van der Waals surface area contributed by atoms with Gasteiger partial charge in [-0.3, -0.25) is 0 Å². The zero-order valence-electron chi connectivity index (χ0n) is 25.5. The molecule has 0 radical (unpaired) electrons. The Labute approximate surface area is 258 Å². The van der Waals surface area contributed by atoms with Crippen molar-refractivity contribution in [2.75, 3.05) is 27.4 Å². The fraction of sp³-hybridized carbons (Fsp3) is 0.278. The molecule has 0 aliphatic carbocycles. The Hall–Kier alpha value is -4.34. The Balaban J connectivity index is 0.000000228. The van der Waals surface area contributed by atoms with E-state index in [1.54, 1.807) is 13.8 Å². The van der Waals surface area contributed by atoms with Gasteiger partial charge in [-0.05, 0) is 36.1 Å². The van der Waals surface area contributed by atoms with Gasteiger partial charge in [-0.25, -0.2) is 9.59 Å². The van der Waals surface area contributed by atoms with Crippen molar-refractivity contribution in [3.8, 4) is 0 Å². The minimum Gasteiger partial charge on any atom is -0.464 e. The molecule has 232 valence electrons. The fourth-order valence-electron chi connectivity index (χ4n) is 5.15. The number of aliphatic hydroxyl groups excluding tert-OH is 2. The Morgan fingerprint density at radius 1 is 0.727 bits per heavy atom. The van der Waals surface area contributed by atoms with Crippen LogP contribution in [-0.2, 0) is 39.7 Å². The van der Waals surface area contributed by atoms with Crippen LogP contribution in [0.1, 0.15) is 36.1 Å². The van der Waals surface area contributed by atoms with E-state index in [4.69, 9.17) is 24.1 Å². The van der Waals surface area contributed by atoms with E-state index in [0.29, 0.717) is 17.7 Å². The molecule has 0 aromatic heterocycles. The van der Waals surface area contributed by atoms with Crippen molar-refractivity contribution >= 4 is 11.9 Å². The van der Waals surface area contributed by atoms with E-state index in [2.05, 4.69) is 0 Å². The van der Waals surface area contributed by atoms with Gasteiger partial charge in [0.05, 0.1) is 13.2 Å². The Morgan fingerprint density at radius 3 is 1.48 bits per heavy atom. The minimum atomic E-state index is -1.47. The molecule has 5 rings (SSSR count). The molecule has 1 fully saturated rings. The van der Waals surface area contributed by atoms with E-state index in [-0.39, 0.29) is 12.6 Å². The molecule has 0 bridgehead atoms. The van der Waals surface area contributed by atoms with Crippen LogP contribution in [0.5, 0.6) is 0 Å². The summed E-state index contributed by atoms with van der Waals surface area (Å²) in [6.07, 6.45) is -2.03. The summed E-state index contributed by atoms with van der Waals surface area (Å²) < 4.78 is 21.6. The average molecular weight is 601 g/mol. The minimum absolute atomic E-state index is 0.194. The second-order valence-corrected chi connectivity index (χ2v) is 9.54. The number of methoxy groups -OCH3 is 1. The number of aliphatic hydroxyl groups is 2. The Bertz CT molecular complexity index is 1330. The first-order valence-electron chi connectivity index (χ1n) is 14.4. The molecule has 0 spiro atoms. The summed E-state index contributed by atoms with van der Waals surface area (Å²) in [4.78, 5) is 24.2. The Kier molecular flexibility index (Phi) is 12.8. The number of esters is 2. The van der Waals surface area contributed by atoms with Gasteiger partial charge >= 0.3 is 11.9 Å². The molecule has 44 heavy (non-hydrogen) atoms. The molecule has 0 unspecified atom stereocenters. The lowest BCUT2D eigenvalue weighted by molar-refractivity contribution is -0.169. The lowest BCUT2D eigenvalue weighted by Crippen LogP contribution is -2.47. The van der Waals surface area contributed by atoms with E-state index >= 15 is 0 Å². The molecule has 8 nitrogen and oxygen atoms in total. The van der Waals surface area contributed by atoms with Gasteiger partial charge < -0.3 is 29.2 Å². The van der Waals surface area contributed by atoms with Crippen LogP contribution in [0.2, 0.25) is 0 Å². The standard InChI is InChI=1S/C18H20O4.C17H16O3.CH4O/c1-3-22-17(20)16(19)18(21-2,14-10-6-4-7-11-14)15-12-8-5-9-13-15;1-2-19-16(18)15-17(20-15,13-9-5-3-6-10-13)14-11-7-4-8-12-14;1-2/h4-13,16,19H,3H2,1-2H3;3-12,15H,2H2,1H3;2H,1H3/t16-;15-;/m11./s1. The van der Waals surface area contributed by atoms with Gasteiger partial charge in [0.25, 0.3) is 0 Å². The van der Waals surface area contributed by atoms with E-state index in [0.717, 1.165) is 18.2 Å². The van der Waals surface area contributed by atoms with Crippen molar-refractivity contribution in [1.29, 1.82) is 0 Å². The van der Waals surface area contributed by atoms with Gasteiger partial charge in [0.15, 0.2) is 23.4 Å². The number of epoxide rings is 1. The average Bonchev–Trinajstić information content (AvgIpc) is 3.86. The first-order chi connectivity index (χ1) is 21.4. The predicted molar refractivity (Wildman–Crippen MR) is 167 cm³/mol. The predicted octanol–water partition coefficient (Wildman–Crippen LogP) is 5.00. The lowest BCUT2D eigenvalue weighted by Gasteiger charge is -2.36. The number of carbonyl (C=O) groups excluding carboxylic acids is 2. The second-order valence-electron chi connectivity index (χ2n) is 9.54. The zero-order valence-corrected chi connectivity index (χ0v) is 25.5. The van der Waals surface area contributed by atoms with E-state index in [1.165, 1.54) is 7.11 Å². The molecule has 0 amide bonds. The topological polar surface area (TPSA) is 115 Å². The van der Waals surface area contributed by atoms with Gasteiger partial charge in [0.1, 0.15) is 0 Å². The molecule has 0 saturated carbocycles. The van der Waals surface area contributed by atoms with Crippen LogP contribution >= 0.6 is 0 Å². The van der Waals surface area contributed by atoms with Crippen molar-refractivity contribution in [2.24, 2.45) is 0 Å². The van der Waals surface area contributed by atoms with Crippen LogP contribution < -0.4 is 0 Å². The molecule has 4 aromatic carbocycles. The molecular formula is C36H40O8. The zero-order chi connectivity index (χ0) is 32.0. The smallest absolute Gasteiger partial charge is 0.339 e. The lowest BCUT2D eigenvalue weighted by atomic mass is 9.81. The summed E-state index contributed by atoms with van der Waals surface area (Å²) in [6.45, 7) is 4.05. The number of carbonyl (C=O) groups is 2. The number of hydrogen-bond donors (Lipinski definition) is 2. The summed E-state index contributed by atoms with van der Waals surface area (Å²) in [5.74, 6) is -1.02. The summed E-state index contributed by atoms with van der Waals surface area (Å²) in [6, 6.07) is 38.0. The molecule has 8 heteroatoms. The number of rotatable bonds is 10. The molecule has 2 atom stereocenters. The Morgan fingerprint density at radius 2 is 1.11 bits per heavy atom. The number of benzene rings is 4. The highest BCUT2D eigenvalue weighted by molar-refractivity contribution is 5.81. The monoisotopic (exact) mass is 600 g/mol. The first-order valence-corrected chi connectivity index (χ1v) is 14.4. The van der Waals surface area contributed by atoms with Crippen LogP contribution in [0.15, 0.2) is 121 Å². The highest BCUT2D eigenvalue weighted by Gasteiger charge is 2.64. The van der Waals surface area contributed by atoms with Gasteiger partial charge in [0, 0.05) is 14.2 Å². The molecule has 4 aromatic rings. The van der Waals surface area contributed by atoms with Crippen molar-refractivity contribution in [2.45, 2.75) is 37.3 Å². The van der Waals surface area contributed by atoms with Crippen molar-refractivity contribution in [3.05, 3.63) is 144 Å². The van der Waals surface area contributed by atoms with Gasteiger partial charge in [-0.2, -0.15) is 0 Å². The maximum Gasteiger partial charge on any atom is 0.339 e. The van der Waals surface area contributed by atoms with Gasteiger partial charge in [-0.1, -0.05) is 121 Å². The summed E-state index contributed by atoms with van der Waals surface area (Å²) in [5, 5.41) is 17.7. The second kappa shape index (κ2) is 16.5. The van der Waals surface area contributed by atoms with Crippen LogP contribution in [0.25, 0.3) is 0 Å². The maximum atomic E-state index is 12.1. The van der Waals surface area contributed by atoms with Crippen LogP contribution in [0.4, 0.5) is 0 Å². The SMILES string of the molecule is CCOC(=O)[C@@H](O)C(OC)(c1ccccc1)c1ccccc1.CCOC(=O)[C@H]1OC1(c1ccccc1)c1ccccc1.CO. The van der Waals surface area contributed by atoms with Crippen molar-refractivity contribution < 1.29 is 38.7 Å². The first kappa shape index (κ1) is 34.2. The van der Waals surface area contributed by atoms with Crippen molar-refractivity contribution in [1.82, 2.24) is 0 Å². The fourth-order valence-corrected chi connectivity index (χ4v) is 5.15. The highest BCUT2D eigenvalue weighted by atomic mass is 16.7. The van der Waals surface area contributed by atoms with Crippen LogP contribution in [-0.4, -0.2) is 61.8 Å².